The van der Waals surface area contributed by atoms with Gasteiger partial charge in [-0.1, -0.05) is 200 Å². The molecule has 0 radical (unpaired) electrons. The molecule has 9 rings (SSSR count). The Morgan fingerprint density at radius 1 is 0.642 bits per heavy atom. The third-order valence-corrected chi connectivity index (χ3v) is 12.9. The van der Waals surface area contributed by atoms with Crippen LogP contribution in [-0.2, 0) is 26.5 Å². The van der Waals surface area contributed by atoms with Gasteiger partial charge in [0.2, 0.25) is 0 Å². The first kappa shape index (κ1) is 42.2. The fraction of sp³-hybridized carbons (Fsp3) is 0.242. The van der Waals surface area contributed by atoms with Gasteiger partial charge >= 0.3 is 21.1 Å². The van der Waals surface area contributed by atoms with E-state index in [0.717, 1.165) is 89.5 Å². The van der Waals surface area contributed by atoms with Crippen molar-refractivity contribution in [1.29, 1.82) is 0 Å². The maximum absolute atomic E-state index is 12.4. The molecular formula is C62H61N3OPt. The number of para-hydroxylation sites is 1. The molecular weight excluding hydrogens is 998 g/mol. The van der Waals surface area contributed by atoms with Crippen LogP contribution in [0.2, 0.25) is 0 Å². The predicted octanol–water partition coefficient (Wildman–Crippen LogP) is 17.8. The molecule has 0 saturated heterocycles. The van der Waals surface area contributed by atoms with Crippen molar-refractivity contribution < 1.29 is 31.7 Å². The molecule has 7 aromatic carbocycles. The average Bonchev–Trinajstić information content (AvgIpc) is 3.72. The summed E-state index contributed by atoms with van der Waals surface area (Å²) in [5.41, 5.74) is 16.2. The van der Waals surface area contributed by atoms with E-state index in [1.165, 1.54) is 5.56 Å². The third kappa shape index (κ3) is 9.52. The minimum Gasteiger partial charge on any atom is -0.665 e. The molecule has 0 saturated carbocycles. The minimum atomic E-state index is -2.34. The molecule has 0 spiro atoms. The van der Waals surface area contributed by atoms with E-state index in [0.29, 0.717) is 5.56 Å². The molecule has 0 amide bonds. The van der Waals surface area contributed by atoms with Gasteiger partial charge in [-0.15, -0.1) is 29.4 Å². The summed E-state index contributed by atoms with van der Waals surface area (Å²) < 4.78 is 34.0. The Morgan fingerprint density at radius 3 is 2.01 bits per heavy atom. The van der Waals surface area contributed by atoms with Crippen LogP contribution < -0.4 is 4.90 Å². The molecule has 1 unspecified atom stereocenters. The topological polar surface area (TPSA) is 50.5 Å². The monoisotopic (exact) mass is 1060 g/mol. The van der Waals surface area contributed by atoms with Crippen molar-refractivity contribution >= 4 is 17.1 Å². The molecule has 1 aliphatic rings. The first-order valence-corrected chi connectivity index (χ1v) is 23.1. The second-order valence-electron chi connectivity index (χ2n) is 19.5. The van der Waals surface area contributed by atoms with Crippen LogP contribution in [0.4, 0.5) is 17.1 Å². The Hall–Kier alpha value is -6.22. The molecule has 2 heterocycles. The third-order valence-electron chi connectivity index (χ3n) is 12.9. The van der Waals surface area contributed by atoms with Gasteiger partial charge in [-0.25, -0.2) is 0 Å². The van der Waals surface area contributed by atoms with Crippen molar-refractivity contribution in [2.75, 3.05) is 4.90 Å². The number of nitrogens with zero attached hydrogens (tertiary/aromatic N) is 3. The molecule has 1 N–H and O–H groups in total. The van der Waals surface area contributed by atoms with Crippen molar-refractivity contribution in [2.24, 2.45) is 0 Å². The maximum atomic E-state index is 12.4. The molecule has 0 fully saturated rings. The zero-order chi connectivity index (χ0) is 49.9. The van der Waals surface area contributed by atoms with Crippen molar-refractivity contribution in [3.63, 3.8) is 0 Å². The first-order valence-electron chi connectivity index (χ1n) is 25.1. The van der Waals surface area contributed by atoms with Gasteiger partial charge in [0.05, 0.1) is 0 Å². The summed E-state index contributed by atoms with van der Waals surface area (Å²) >= 11 is 0. The number of aryl methyl sites for hydroxylation is 1. The fourth-order valence-electron chi connectivity index (χ4n) is 9.07. The number of phenolic OH excluding ortho intramolecular Hbond substituents is 1. The molecule has 340 valence electrons. The molecule has 0 bridgehead atoms. The number of pyridine rings is 1. The van der Waals surface area contributed by atoms with Gasteiger partial charge in [0.1, 0.15) is 5.75 Å². The number of fused-ring (bicyclic) bond motifs is 1. The van der Waals surface area contributed by atoms with Crippen LogP contribution in [0, 0.1) is 12.9 Å². The Labute approximate surface area is 419 Å². The minimum absolute atomic E-state index is 0. The van der Waals surface area contributed by atoms with E-state index in [2.05, 4.69) is 150 Å². The number of benzene rings is 7. The predicted molar refractivity (Wildman–Crippen MR) is 278 cm³/mol. The van der Waals surface area contributed by atoms with Gasteiger partial charge in [-0.3, -0.25) is 4.98 Å². The molecule has 1 atom stereocenters. The molecule has 8 aromatic rings. The summed E-state index contributed by atoms with van der Waals surface area (Å²) in [5, 5.41) is 18.1. The van der Waals surface area contributed by atoms with Gasteiger partial charge < -0.3 is 15.3 Å². The number of hydrogen-bond donors (Lipinski definition) is 1. The van der Waals surface area contributed by atoms with E-state index in [1.807, 2.05) is 68.6 Å². The zero-order valence-electron chi connectivity index (χ0n) is 43.8. The normalized spacial score (nSPS) is 14.7. The van der Waals surface area contributed by atoms with Gasteiger partial charge in [-0.2, -0.15) is 0 Å². The van der Waals surface area contributed by atoms with Crippen LogP contribution in [0.1, 0.15) is 125 Å². The average molecular weight is 1060 g/mol. The van der Waals surface area contributed by atoms with E-state index in [1.54, 1.807) is 12.1 Å². The zero-order valence-corrected chi connectivity index (χ0v) is 42.1. The number of phenols is 1. The fourth-order valence-corrected chi connectivity index (χ4v) is 9.07. The van der Waals surface area contributed by atoms with Gasteiger partial charge in [0.15, 0.2) is 0 Å². The summed E-state index contributed by atoms with van der Waals surface area (Å²) in [6.07, 6.45) is 1.11. The number of hydrogen-bond acceptors (Lipinski definition) is 3. The summed E-state index contributed by atoms with van der Waals surface area (Å²) in [6.45, 7) is 16.5. The molecule has 4 nitrogen and oxygen atoms in total. The van der Waals surface area contributed by atoms with Crippen LogP contribution in [0.5, 0.6) is 5.75 Å². The Morgan fingerprint density at radius 2 is 1.34 bits per heavy atom. The standard InChI is InChI=1S/C62H61N3O.Pt/c1-38(2)42-20-22-44(23-21-42)46-29-30-63-56(37-46)50-33-48(43-15-12-11-13-16-43)32-49(34-50)52-17-14-18-58-59(52)64-61(55-36-47(39(3)4)35-53(40(5)6)60(55)66)65(58)57-28-19-41(7)31-54(57)45-24-26-51(27-25-45)62(8,9)10;/h11-33,35-40,61,66H,1-10H3;/q-2;+2/i7D3,38D;. The van der Waals surface area contributed by atoms with E-state index < -0.39 is 18.9 Å². The molecule has 1 aromatic heterocycles. The van der Waals surface area contributed by atoms with Crippen LogP contribution >= 0.6 is 0 Å². The Balaban J connectivity index is 0.00000676. The Kier molecular flexibility index (Phi) is 12.1. The van der Waals surface area contributed by atoms with Crippen molar-refractivity contribution in [2.45, 2.75) is 98.5 Å². The molecule has 0 aliphatic carbocycles. The molecule has 1 aliphatic heterocycles. The number of aromatic hydroxyl groups is 1. The van der Waals surface area contributed by atoms with Crippen LogP contribution in [-0.4, -0.2) is 10.1 Å². The van der Waals surface area contributed by atoms with Crippen LogP contribution in [0.3, 0.4) is 0 Å². The molecule has 67 heavy (non-hydrogen) atoms. The Bertz CT molecular complexity index is 3210. The SMILES string of the molecule is [2H]C([2H])([2H])c1ccc(N2c3cccc(-c4[c-]c(-c5cc(-c6ccc(C([2H])(C)C)cc6)ccn5)cc(-c5ccccc5)c4)c3[N-]C2c2cc(C(C)C)cc(C(C)C)c2O)c(-c2ccc(C(C)(C)C)cc2)c1.[Pt+2]. The van der Waals surface area contributed by atoms with E-state index in [4.69, 9.17) is 15.8 Å². The number of aromatic nitrogens is 1. The smallest absolute Gasteiger partial charge is 0.665 e. The van der Waals surface area contributed by atoms with Crippen molar-refractivity contribution in [3.05, 3.63) is 203 Å². The number of anilines is 2. The second kappa shape index (κ2) is 19.2. The van der Waals surface area contributed by atoms with Gasteiger partial charge in [0.25, 0.3) is 0 Å². The molecule has 5 heteroatoms. The summed E-state index contributed by atoms with van der Waals surface area (Å²) in [7, 11) is 0. The largest absolute Gasteiger partial charge is 2.00 e. The quantitative estimate of drug-likeness (QED) is 0.139. The van der Waals surface area contributed by atoms with Crippen LogP contribution in [0.25, 0.3) is 61.1 Å². The van der Waals surface area contributed by atoms with Gasteiger partial charge in [-0.05, 0) is 110 Å². The maximum Gasteiger partial charge on any atom is 2.00 e. The number of rotatable bonds is 10. The second-order valence-corrected chi connectivity index (χ2v) is 19.5. The van der Waals surface area contributed by atoms with Crippen molar-refractivity contribution in [1.82, 2.24) is 4.98 Å². The summed E-state index contributed by atoms with van der Waals surface area (Å²) in [4.78, 5) is 7.09. The van der Waals surface area contributed by atoms with Gasteiger partial charge in [0, 0.05) is 34.3 Å². The summed E-state index contributed by atoms with van der Waals surface area (Å²) in [5.74, 6) is -0.286. The van der Waals surface area contributed by atoms with E-state index >= 15 is 0 Å². The van der Waals surface area contributed by atoms with Crippen LogP contribution in [0.15, 0.2) is 158 Å². The van der Waals surface area contributed by atoms with E-state index in [-0.39, 0.29) is 49.6 Å². The first-order chi connectivity index (χ1) is 33.2. The van der Waals surface area contributed by atoms with E-state index in [9.17, 15) is 5.11 Å². The van der Waals surface area contributed by atoms with Crippen molar-refractivity contribution in [3.8, 4) is 61.5 Å². The summed E-state index contributed by atoms with van der Waals surface area (Å²) in [6, 6.07) is 54.9.